The topological polar surface area (TPSA) is 64.2 Å². The van der Waals surface area contributed by atoms with Crippen molar-refractivity contribution in [2.75, 3.05) is 6.79 Å². The number of aromatic amines is 1. The fraction of sp³-hybridized carbons (Fsp3) is 0.0667. The van der Waals surface area contributed by atoms with Crippen molar-refractivity contribution in [3.8, 4) is 11.5 Å². The molecule has 0 amide bonds. The first-order valence-corrected chi connectivity index (χ1v) is 6.18. The van der Waals surface area contributed by atoms with E-state index in [1.54, 1.807) is 6.07 Å². The van der Waals surface area contributed by atoms with Gasteiger partial charge >= 0.3 is 0 Å². The molecule has 98 valence electrons. The van der Waals surface area contributed by atoms with Crippen molar-refractivity contribution in [2.24, 2.45) is 0 Å². The molecular formula is C15H10N2O3. The van der Waals surface area contributed by atoms with E-state index in [1.165, 1.54) is 12.5 Å². The van der Waals surface area contributed by atoms with E-state index in [0.717, 1.165) is 16.5 Å². The first-order chi connectivity index (χ1) is 9.81. The molecule has 0 atom stereocenters. The molecule has 1 aromatic heterocycles. The zero-order valence-electron chi connectivity index (χ0n) is 10.4. The van der Waals surface area contributed by atoms with E-state index >= 15 is 0 Å². The highest BCUT2D eigenvalue weighted by molar-refractivity contribution is 6.09. The number of H-pyrrole nitrogens is 1. The standard InChI is InChI=1S/C15H10N2O3/c18-15(12-6-16-7-17-12)10-2-1-9-4-13-14(20-8-19-13)5-11(9)3-10/h1-7H,8H2,(H,16,17). The highest BCUT2D eigenvalue weighted by Gasteiger charge is 2.16. The van der Waals surface area contributed by atoms with Crippen molar-refractivity contribution >= 4 is 16.6 Å². The van der Waals surface area contributed by atoms with Crippen LogP contribution in [0.15, 0.2) is 42.9 Å². The van der Waals surface area contributed by atoms with Gasteiger partial charge < -0.3 is 14.5 Å². The van der Waals surface area contributed by atoms with Crippen LogP contribution in [0.25, 0.3) is 10.8 Å². The van der Waals surface area contributed by atoms with E-state index < -0.39 is 0 Å². The van der Waals surface area contributed by atoms with Crippen LogP contribution in [0.2, 0.25) is 0 Å². The van der Waals surface area contributed by atoms with Crippen LogP contribution in [0, 0.1) is 0 Å². The van der Waals surface area contributed by atoms with Crippen molar-refractivity contribution in [3.05, 3.63) is 54.1 Å². The lowest BCUT2D eigenvalue weighted by Crippen LogP contribution is -2.01. The summed E-state index contributed by atoms with van der Waals surface area (Å²) in [6.07, 6.45) is 3.01. The average Bonchev–Trinajstić information content (AvgIpc) is 3.14. The van der Waals surface area contributed by atoms with Crippen LogP contribution in [-0.4, -0.2) is 22.5 Å². The average molecular weight is 266 g/mol. The Labute approximate surface area is 114 Å². The van der Waals surface area contributed by atoms with Crippen molar-refractivity contribution in [1.29, 1.82) is 0 Å². The molecule has 5 nitrogen and oxygen atoms in total. The lowest BCUT2D eigenvalue weighted by atomic mass is 10.0. The molecule has 20 heavy (non-hydrogen) atoms. The maximum Gasteiger partial charge on any atom is 0.231 e. The predicted octanol–water partition coefficient (Wildman–Crippen LogP) is 2.52. The van der Waals surface area contributed by atoms with Crippen LogP contribution < -0.4 is 9.47 Å². The van der Waals surface area contributed by atoms with Gasteiger partial charge in [-0.15, -0.1) is 0 Å². The maximum absolute atomic E-state index is 12.3. The Balaban J connectivity index is 1.83. The van der Waals surface area contributed by atoms with Crippen molar-refractivity contribution < 1.29 is 14.3 Å². The number of hydrogen-bond acceptors (Lipinski definition) is 4. The van der Waals surface area contributed by atoms with Crippen LogP contribution >= 0.6 is 0 Å². The van der Waals surface area contributed by atoms with E-state index in [1.807, 2.05) is 24.3 Å². The number of benzene rings is 2. The molecule has 1 N–H and O–H groups in total. The van der Waals surface area contributed by atoms with E-state index in [-0.39, 0.29) is 12.6 Å². The molecule has 0 fully saturated rings. The summed E-state index contributed by atoms with van der Waals surface area (Å²) in [6.45, 7) is 0.242. The number of ether oxygens (including phenoxy) is 2. The summed E-state index contributed by atoms with van der Waals surface area (Å²) >= 11 is 0. The number of fused-ring (bicyclic) bond motifs is 2. The molecule has 1 aliphatic heterocycles. The number of carbonyl (C=O) groups excluding carboxylic acids is 1. The summed E-state index contributed by atoms with van der Waals surface area (Å²) in [5, 5.41) is 1.95. The van der Waals surface area contributed by atoms with Gasteiger partial charge in [-0.1, -0.05) is 12.1 Å². The van der Waals surface area contributed by atoms with Gasteiger partial charge in [0.25, 0.3) is 0 Å². The highest BCUT2D eigenvalue weighted by atomic mass is 16.7. The molecule has 0 spiro atoms. The van der Waals surface area contributed by atoms with Crippen LogP contribution in [0.4, 0.5) is 0 Å². The quantitative estimate of drug-likeness (QED) is 0.724. The fourth-order valence-electron chi connectivity index (χ4n) is 2.31. The van der Waals surface area contributed by atoms with Crippen molar-refractivity contribution in [1.82, 2.24) is 9.97 Å². The number of rotatable bonds is 2. The SMILES string of the molecule is O=C(c1ccc2cc3c(cc2c1)OCO3)c1cnc[nH]1. The summed E-state index contributed by atoms with van der Waals surface area (Å²) in [4.78, 5) is 18.9. The van der Waals surface area contributed by atoms with Crippen LogP contribution in [0.5, 0.6) is 11.5 Å². The van der Waals surface area contributed by atoms with Gasteiger partial charge in [-0.2, -0.15) is 0 Å². The molecule has 4 rings (SSSR count). The van der Waals surface area contributed by atoms with Crippen molar-refractivity contribution in [2.45, 2.75) is 0 Å². The molecule has 0 unspecified atom stereocenters. The van der Waals surface area contributed by atoms with Gasteiger partial charge in [0.15, 0.2) is 11.5 Å². The van der Waals surface area contributed by atoms with E-state index in [2.05, 4.69) is 9.97 Å². The zero-order chi connectivity index (χ0) is 13.5. The number of aromatic nitrogens is 2. The van der Waals surface area contributed by atoms with Crippen LogP contribution in [-0.2, 0) is 0 Å². The van der Waals surface area contributed by atoms with Gasteiger partial charge in [0.1, 0.15) is 5.69 Å². The largest absolute Gasteiger partial charge is 0.454 e. The number of ketones is 1. The van der Waals surface area contributed by atoms with Crippen molar-refractivity contribution in [3.63, 3.8) is 0 Å². The normalized spacial score (nSPS) is 12.8. The molecule has 0 aliphatic carbocycles. The lowest BCUT2D eigenvalue weighted by molar-refractivity contribution is 0.103. The Bertz CT molecular complexity index is 809. The Kier molecular flexibility index (Phi) is 2.26. The smallest absolute Gasteiger partial charge is 0.231 e. The van der Waals surface area contributed by atoms with E-state index in [9.17, 15) is 4.79 Å². The first-order valence-electron chi connectivity index (χ1n) is 6.18. The third-order valence-electron chi connectivity index (χ3n) is 3.34. The summed E-state index contributed by atoms with van der Waals surface area (Å²) in [6, 6.07) is 9.36. The Morgan fingerprint density at radius 3 is 2.65 bits per heavy atom. The second-order valence-electron chi connectivity index (χ2n) is 4.56. The van der Waals surface area contributed by atoms with Crippen LogP contribution in [0.1, 0.15) is 16.1 Å². The third-order valence-corrected chi connectivity index (χ3v) is 3.34. The minimum atomic E-state index is -0.0814. The molecule has 0 saturated heterocycles. The minimum Gasteiger partial charge on any atom is -0.454 e. The molecule has 2 heterocycles. The monoisotopic (exact) mass is 266 g/mol. The summed E-state index contributed by atoms with van der Waals surface area (Å²) in [7, 11) is 0. The number of nitrogens with one attached hydrogen (secondary N) is 1. The first kappa shape index (κ1) is 11.0. The summed E-state index contributed by atoms with van der Waals surface area (Å²) in [5.74, 6) is 1.37. The summed E-state index contributed by atoms with van der Waals surface area (Å²) in [5.41, 5.74) is 1.09. The molecule has 5 heteroatoms. The minimum absolute atomic E-state index is 0.0814. The van der Waals surface area contributed by atoms with E-state index in [0.29, 0.717) is 17.0 Å². The van der Waals surface area contributed by atoms with Crippen LogP contribution in [0.3, 0.4) is 0 Å². The Hall–Kier alpha value is -2.82. The lowest BCUT2D eigenvalue weighted by Gasteiger charge is -2.04. The molecule has 1 aliphatic rings. The van der Waals surface area contributed by atoms with E-state index in [4.69, 9.17) is 9.47 Å². The summed E-state index contributed by atoms with van der Waals surface area (Å²) < 4.78 is 10.7. The predicted molar refractivity (Wildman–Crippen MR) is 72.1 cm³/mol. The number of carbonyl (C=O) groups is 1. The zero-order valence-corrected chi connectivity index (χ0v) is 10.4. The molecule has 0 bridgehead atoms. The maximum atomic E-state index is 12.3. The molecule has 2 aromatic carbocycles. The fourth-order valence-corrected chi connectivity index (χ4v) is 2.31. The number of imidazole rings is 1. The Morgan fingerprint density at radius 2 is 1.90 bits per heavy atom. The number of hydrogen-bond donors (Lipinski definition) is 1. The molecule has 0 radical (unpaired) electrons. The van der Waals surface area contributed by atoms with Gasteiger partial charge in [0, 0.05) is 5.56 Å². The second kappa shape index (κ2) is 4.09. The third kappa shape index (κ3) is 1.64. The van der Waals surface area contributed by atoms with Gasteiger partial charge in [0.05, 0.1) is 12.5 Å². The van der Waals surface area contributed by atoms with Gasteiger partial charge in [-0.05, 0) is 29.0 Å². The number of nitrogens with zero attached hydrogens (tertiary/aromatic N) is 1. The highest BCUT2D eigenvalue weighted by Crippen LogP contribution is 2.36. The molecule has 0 saturated carbocycles. The van der Waals surface area contributed by atoms with Gasteiger partial charge in [0.2, 0.25) is 12.6 Å². The second-order valence-corrected chi connectivity index (χ2v) is 4.56. The van der Waals surface area contributed by atoms with Gasteiger partial charge in [-0.3, -0.25) is 4.79 Å². The molecular weight excluding hydrogens is 256 g/mol. The molecule has 3 aromatic rings. The van der Waals surface area contributed by atoms with Gasteiger partial charge in [-0.25, -0.2) is 4.98 Å². The Morgan fingerprint density at radius 1 is 1.10 bits per heavy atom.